The van der Waals surface area contributed by atoms with Crippen molar-refractivity contribution in [3.05, 3.63) is 12.2 Å². The van der Waals surface area contributed by atoms with Crippen molar-refractivity contribution in [2.45, 2.75) is 65.3 Å². The second-order valence-corrected chi connectivity index (χ2v) is 4.82. The maximum Gasteiger partial charge on any atom is 0.220 e. The van der Waals surface area contributed by atoms with Gasteiger partial charge in [-0.15, -0.1) is 0 Å². The molecule has 0 spiro atoms. The highest BCUT2D eigenvalue weighted by molar-refractivity contribution is 5.76. The van der Waals surface area contributed by atoms with Gasteiger partial charge in [0.25, 0.3) is 0 Å². The second kappa shape index (κ2) is 12.6. The molecule has 0 fully saturated rings. The molecule has 0 aliphatic rings. The lowest BCUT2D eigenvalue weighted by Gasteiger charge is -2.13. The summed E-state index contributed by atoms with van der Waals surface area (Å²) < 4.78 is 0. The fourth-order valence-electron chi connectivity index (χ4n) is 1.63. The minimum Gasteiger partial charge on any atom is -0.354 e. The van der Waals surface area contributed by atoms with Crippen LogP contribution in [0.4, 0.5) is 0 Å². The molecule has 0 heterocycles. The molecule has 3 nitrogen and oxygen atoms in total. The van der Waals surface area contributed by atoms with E-state index in [1.54, 1.807) is 0 Å². The number of nitrogens with one attached hydrogen (secondary N) is 2. The summed E-state index contributed by atoms with van der Waals surface area (Å²) in [4.78, 5) is 11.5. The third-order valence-corrected chi connectivity index (χ3v) is 2.80. The van der Waals surface area contributed by atoms with E-state index in [0.717, 1.165) is 38.8 Å². The average Bonchev–Trinajstić information content (AvgIpc) is 2.35. The molecule has 0 saturated carbocycles. The SMILES string of the molecule is CCC/C=C/CNCC[C@H](C)NC(=O)CCCC. The molecule has 106 valence electrons. The van der Waals surface area contributed by atoms with Crippen LogP contribution >= 0.6 is 0 Å². The van der Waals surface area contributed by atoms with E-state index in [9.17, 15) is 4.79 Å². The molecule has 0 aromatic rings. The van der Waals surface area contributed by atoms with E-state index < -0.39 is 0 Å². The quantitative estimate of drug-likeness (QED) is 0.439. The fraction of sp³-hybridized carbons (Fsp3) is 0.800. The molecule has 0 saturated heterocycles. The van der Waals surface area contributed by atoms with Gasteiger partial charge >= 0.3 is 0 Å². The van der Waals surface area contributed by atoms with Crippen molar-refractivity contribution in [2.24, 2.45) is 0 Å². The second-order valence-electron chi connectivity index (χ2n) is 4.82. The monoisotopic (exact) mass is 254 g/mol. The van der Waals surface area contributed by atoms with Gasteiger partial charge < -0.3 is 10.6 Å². The molecule has 0 bridgehead atoms. The standard InChI is InChI=1S/C15H30N2O/c1-4-6-8-9-12-16-13-11-14(3)17-15(18)10-7-5-2/h8-9,14,16H,4-7,10-13H2,1-3H3,(H,17,18)/b9-8+/t14-/m0/s1. The van der Waals surface area contributed by atoms with Crippen LogP contribution in [0.2, 0.25) is 0 Å². The zero-order chi connectivity index (χ0) is 13.6. The molecule has 0 unspecified atom stereocenters. The lowest BCUT2D eigenvalue weighted by molar-refractivity contribution is -0.121. The van der Waals surface area contributed by atoms with E-state index >= 15 is 0 Å². The van der Waals surface area contributed by atoms with E-state index in [1.807, 2.05) is 0 Å². The largest absolute Gasteiger partial charge is 0.354 e. The van der Waals surface area contributed by atoms with Gasteiger partial charge in [0, 0.05) is 19.0 Å². The maximum absolute atomic E-state index is 11.5. The normalized spacial score (nSPS) is 12.8. The predicted molar refractivity (Wildman–Crippen MR) is 78.7 cm³/mol. The Morgan fingerprint density at radius 1 is 1.22 bits per heavy atom. The topological polar surface area (TPSA) is 41.1 Å². The summed E-state index contributed by atoms with van der Waals surface area (Å²) in [7, 11) is 0. The van der Waals surface area contributed by atoms with Crippen molar-refractivity contribution in [1.29, 1.82) is 0 Å². The first-order valence-electron chi connectivity index (χ1n) is 7.35. The van der Waals surface area contributed by atoms with Gasteiger partial charge in [0.1, 0.15) is 0 Å². The minimum absolute atomic E-state index is 0.187. The highest BCUT2D eigenvalue weighted by atomic mass is 16.1. The molecule has 1 atom stereocenters. The first-order chi connectivity index (χ1) is 8.70. The third-order valence-electron chi connectivity index (χ3n) is 2.80. The van der Waals surface area contributed by atoms with Gasteiger partial charge in [-0.25, -0.2) is 0 Å². The third kappa shape index (κ3) is 11.6. The van der Waals surface area contributed by atoms with Crippen LogP contribution < -0.4 is 10.6 Å². The summed E-state index contributed by atoms with van der Waals surface area (Å²) in [5, 5.41) is 6.38. The Balaban J connectivity index is 3.41. The Bertz CT molecular complexity index is 227. The van der Waals surface area contributed by atoms with E-state index in [0.29, 0.717) is 6.42 Å². The van der Waals surface area contributed by atoms with E-state index in [-0.39, 0.29) is 11.9 Å². The van der Waals surface area contributed by atoms with Crippen molar-refractivity contribution >= 4 is 5.91 Å². The van der Waals surface area contributed by atoms with Crippen molar-refractivity contribution in [2.75, 3.05) is 13.1 Å². The summed E-state index contributed by atoms with van der Waals surface area (Å²) >= 11 is 0. The highest BCUT2D eigenvalue weighted by Gasteiger charge is 2.05. The lowest BCUT2D eigenvalue weighted by atomic mass is 10.2. The number of carbonyl (C=O) groups is 1. The van der Waals surface area contributed by atoms with Crippen LogP contribution in [0.3, 0.4) is 0 Å². The van der Waals surface area contributed by atoms with Gasteiger partial charge in [-0.2, -0.15) is 0 Å². The summed E-state index contributed by atoms with van der Waals surface area (Å²) in [5.41, 5.74) is 0. The van der Waals surface area contributed by atoms with Gasteiger partial charge in [0.2, 0.25) is 5.91 Å². The zero-order valence-electron chi connectivity index (χ0n) is 12.3. The Morgan fingerprint density at radius 3 is 2.67 bits per heavy atom. The zero-order valence-corrected chi connectivity index (χ0v) is 12.3. The molecule has 3 heteroatoms. The minimum atomic E-state index is 0.187. The van der Waals surface area contributed by atoms with Crippen LogP contribution in [0.1, 0.15) is 59.3 Å². The Morgan fingerprint density at radius 2 is 2.00 bits per heavy atom. The summed E-state index contributed by atoms with van der Waals surface area (Å²) in [6.45, 7) is 8.23. The molecular formula is C15H30N2O. The van der Waals surface area contributed by atoms with Crippen molar-refractivity contribution < 1.29 is 4.79 Å². The van der Waals surface area contributed by atoms with Gasteiger partial charge in [-0.1, -0.05) is 38.8 Å². The van der Waals surface area contributed by atoms with Crippen LogP contribution in [0.25, 0.3) is 0 Å². The van der Waals surface area contributed by atoms with E-state index in [1.165, 1.54) is 6.42 Å². The molecule has 0 aromatic heterocycles. The summed E-state index contributed by atoms with van der Waals surface area (Å²) in [6.07, 6.45) is 10.5. The molecule has 0 aliphatic heterocycles. The van der Waals surface area contributed by atoms with E-state index in [4.69, 9.17) is 0 Å². The first kappa shape index (κ1) is 17.2. The smallest absolute Gasteiger partial charge is 0.220 e. The van der Waals surface area contributed by atoms with Gasteiger partial charge in [0.05, 0.1) is 0 Å². The Labute approximate surface area is 112 Å². The van der Waals surface area contributed by atoms with Crippen molar-refractivity contribution in [3.63, 3.8) is 0 Å². The predicted octanol–water partition coefficient (Wildman–Crippen LogP) is 3.02. The van der Waals surface area contributed by atoms with Crippen LogP contribution in [0.5, 0.6) is 0 Å². The van der Waals surface area contributed by atoms with E-state index in [2.05, 4.69) is 43.6 Å². The number of amides is 1. The highest BCUT2D eigenvalue weighted by Crippen LogP contribution is 1.96. The number of hydrogen-bond donors (Lipinski definition) is 2. The Kier molecular flexibility index (Phi) is 12.0. The maximum atomic E-state index is 11.5. The fourth-order valence-corrected chi connectivity index (χ4v) is 1.63. The summed E-state index contributed by atoms with van der Waals surface area (Å²) in [6, 6.07) is 0.265. The average molecular weight is 254 g/mol. The molecular weight excluding hydrogens is 224 g/mol. The number of unbranched alkanes of at least 4 members (excludes halogenated alkanes) is 2. The van der Waals surface area contributed by atoms with Crippen LogP contribution in [0.15, 0.2) is 12.2 Å². The molecule has 0 rings (SSSR count). The van der Waals surface area contributed by atoms with Gasteiger partial charge in [-0.3, -0.25) is 4.79 Å². The van der Waals surface area contributed by atoms with Crippen LogP contribution in [-0.4, -0.2) is 25.0 Å². The number of rotatable bonds is 11. The van der Waals surface area contributed by atoms with Gasteiger partial charge in [0.15, 0.2) is 0 Å². The molecule has 1 amide bonds. The number of carbonyl (C=O) groups excluding carboxylic acids is 1. The summed E-state index contributed by atoms with van der Waals surface area (Å²) in [5.74, 6) is 0.187. The lowest BCUT2D eigenvalue weighted by Crippen LogP contribution is -2.34. The molecule has 0 aromatic carbocycles. The molecule has 0 aliphatic carbocycles. The number of allylic oxidation sites excluding steroid dienone is 1. The van der Waals surface area contributed by atoms with Gasteiger partial charge in [-0.05, 0) is 32.7 Å². The molecule has 2 N–H and O–H groups in total. The Hall–Kier alpha value is -0.830. The van der Waals surface area contributed by atoms with Crippen LogP contribution in [0, 0.1) is 0 Å². The van der Waals surface area contributed by atoms with Crippen molar-refractivity contribution in [3.8, 4) is 0 Å². The number of hydrogen-bond acceptors (Lipinski definition) is 2. The van der Waals surface area contributed by atoms with Crippen LogP contribution in [-0.2, 0) is 4.79 Å². The van der Waals surface area contributed by atoms with Crippen molar-refractivity contribution in [1.82, 2.24) is 10.6 Å². The first-order valence-corrected chi connectivity index (χ1v) is 7.35. The molecule has 0 radical (unpaired) electrons. The molecule has 18 heavy (non-hydrogen) atoms.